The minimum Gasteiger partial charge on any atom is -0.423 e. The molecule has 200 valence electrons. The van der Waals surface area contributed by atoms with Gasteiger partial charge in [0.2, 0.25) is 5.82 Å². The molecule has 0 aliphatic carbocycles. The van der Waals surface area contributed by atoms with Crippen molar-refractivity contribution in [3.05, 3.63) is 72.3 Å². The normalized spacial score (nSPS) is 11.9. The van der Waals surface area contributed by atoms with Crippen LogP contribution in [0.1, 0.15) is 38.3 Å². The highest BCUT2D eigenvalue weighted by molar-refractivity contribution is 5.91. The summed E-state index contributed by atoms with van der Waals surface area (Å²) in [5, 5.41) is 17.4. The zero-order valence-corrected chi connectivity index (χ0v) is 22.5. The Hall–Kier alpha value is -4.73. The fraction of sp³-hybridized carbons (Fsp3) is 0.276. The first-order valence-electron chi connectivity index (χ1n) is 13.0. The van der Waals surface area contributed by atoms with Crippen LogP contribution in [0.5, 0.6) is 0 Å². The number of hydrogen-bond donors (Lipinski definition) is 2. The van der Waals surface area contributed by atoms with Crippen LogP contribution in [0.3, 0.4) is 0 Å². The van der Waals surface area contributed by atoms with Gasteiger partial charge in [-0.3, -0.25) is 0 Å². The lowest BCUT2D eigenvalue weighted by atomic mass is 9.97. The molecule has 5 rings (SSSR count). The molecular weight excluding hydrogens is 492 g/mol. The first kappa shape index (κ1) is 25.9. The zero-order valence-electron chi connectivity index (χ0n) is 22.5. The number of carbonyl (C=O) groups excluding carboxylic acids is 1. The molecule has 3 aromatic carbocycles. The number of amides is 2. The molecule has 0 saturated carbocycles. The first-order valence-corrected chi connectivity index (χ1v) is 13.0. The van der Waals surface area contributed by atoms with Crippen molar-refractivity contribution in [2.45, 2.75) is 32.7 Å². The number of urea groups is 1. The smallest absolute Gasteiger partial charge is 0.321 e. The predicted molar refractivity (Wildman–Crippen MR) is 152 cm³/mol. The lowest BCUT2D eigenvalue weighted by Gasteiger charge is -2.28. The average molecular weight is 525 g/mol. The van der Waals surface area contributed by atoms with Crippen molar-refractivity contribution < 1.29 is 9.21 Å². The molecule has 5 aromatic rings. The lowest BCUT2D eigenvalue weighted by Crippen LogP contribution is -2.28. The van der Waals surface area contributed by atoms with Crippen LogP contribution in [0.15, 0.2) is 71.1 Å². The molecule has 0 unspecified atom stereocenters. The maximum atomic E-state index is 12.1. The van der Waals surface area contributed by atoms with Crippen LogP contribution in [-0.4, -0.2) is 57.2 Å². The number of carbonyl (C=O) groups is 1. The summed E-state index contributed by atoms with van der Waals surface area (Å²) in [5.74, 6) is 0.564. The Kier molecular flexibility index (Phi) is 7.53. The van der Waals surface area contributed by atoms with Crippen LogP contribution < -0.4 is 10.2 Å². The number of hydrogen-bond acceptors (Lipinski definition) is 7. The van der Waals surface area contributed by atoms with E-state index in [9.17, 15) is 4.79 Å². The van der Waals surface area contributed by atoms with Gasteiger partial charge in [0.05, 0.1) is 6.04 Å². The maximum absolute atomic E-state index is 12.1. The molecule has 10 nitrogen and oxygen atoms in total. The van der Waals surface area contributed by atoms with Gasteiger partial charge in [-0.15, -0.1) is 10.2 Å². The third kappa shape index (κ3) is 5.59. The first-order chi connectivity index (χ1) is 18.9. The zero-order chi connectivity index (χ0) is 27.4. The lowest BCUT2D eigenvalue weighted by molar-refractivity contribution is 0.230. The van der Waals surface area contributed by atoms with E-state index in [1.807, 2.05) is 36.4 Å². The molecule has 0 spiro atoms. The van der Waals surface area contributed by atoms with E-state index in [0.29, 0.717) is 28.6 Å². The van der Waals surface area contributed by atoms with Gasteiger partial charge in [-0.05, 0) is 53.4 Å². The fourth-order valence-corrected chi connectivity index (χ4v) is 4.46. The number of anilines is 2. The van der Waals surface area contributed by atoms with Crippen LogP contribution in [0.4, 0.5) is 16.5 Å². The Morgan fingerprint density at radius 1 is 1.05 bits per heavy atom. The number of aromatic nitrogens is 5. The van der Waals surface area contributed by atoms with E-state index in [2.05, 4.69) is 75.0 Å². The van der Waals surface area contributed by atoms with Gasteiger partial charge < -0.3 is 19.5 Å². The molecule has 0 radical (unpaired) electrons. The van der Waals surface area contributed by atoms with Crippen LogP contribution in [0, 0.1) is 0 Å². The third-order valence-electron chi connectivity index (χ3n) is 6.72. The topological polar surface area (TPSA) is 116 Å². The van der Waals surface area contributed by atoms with Gasteiger partial charge in [-0.1, -0.05) is 61.9 Å². The van der Waals surface area contributed by atoms with Crippen molar-refractivity contribution in [3.8, 4) is 22.5 Å². The largest absolute Gasteiger partial charge is 0.423 e. The second-order valence-corrected chi connectivity index (χ2v) is 9.63. The predicted octanol–water partition coefficient (Wildman–Crippen LogP) is 6.14. The summed E-state index contributed by atoms with van der Waals surface area (Å²) in [6.07, 6.45) is 2.05. The van der Waals surface area contributed by atoms with Gasteiger partial charge >= 0.3 is 6.03 Å². The van der Waals surface area contributed by atoms with E-state index in [0.717, 1.165) is 41.6 Å². The van der Waals surface area contributed by atoms with E-state index < -0.39 is 0 Å². The standard InChI is InChI=1S/C29H32N8O2/c1-5-6-17-37(29-31-25-18-22(15-16-26(25)39-29)30-28(38)36(3)4)19(2)20-11-13-21(14-12-20)23-9-7-8-10-24(23)27-32-34-35-33-27/h7-16,18-19H,5-6,17H2,1-4H3,(H,30,38)(H,32,33,34,35)/t19-/m1/s1. The quantitative estimate of drug-likeness (QED) is 0.238. The number of nitrogens with zero attached hydrogens (tertiary/aromatic N) is 6. The number of unbranched alkanes of at least 4 members (excludes halogenated alkanes) is 1. The van der Waals surface area contributed by atoms with Gasteiger partial charge in [-0.2, -0.15) is 10.2 Å². The summed E-state index contributed by atoms with van der Waals surface area (Å²) >= 11 is 0. The summed E-state index contributed by atoms with van der Waals surface area (Å²) in [5.41, 5.74) is 6.22. The Labute approximate surface area is 227 Å². The minimum atomic E-state index is -0.195. The van der Waals surface area contributed by atoms with Crippen molar-refractivity contribution in [2.24, 2.45) is 0 Å². The summed E-state index contributed by atoms with van der Waals surface area (Å²) in [6.45, 7) is 5.14. The van der Waals surface area contributed by atoms with Crippen LogP contribution in [0.25, 0.3) is 33.6 Å². The van der Waals surface area contributed by atoms with Crippen molar-refractivity contribution >= 4 is 28.8 Å². The molecule has 39 heavy (non-hydrogen) atoms. The van der Waals surface area contributed by atoms with E-state index in [-0.39, 0.29) is 12.1 Å². The minimum absolute atomic E-state index is 0.0269. The Morgan fingerprint density at radius 2 is 1.82 bits per heavy atom. The summed E-state index contributed by atoms with van der Waals surface area (Å²) in [6, 6.07) is 22.5. The summed E-state index contributed by atoms with van der Waals surface area (Å²) in [4.78, 5) is 20.6. The molecule has 2 amide bonds. The molecule has 0 bridgehead atoms. The third-order valence-corrected chi connectivity index (χ3v) is 6.72. The molecule has 10 heteroatoms. The number of aromatic amines is 1. The van der Waals surface area contributed by atoms with Crippen LogP contribution in [0.2, 0.25) is 0 Å². The molecule has 0 fully saturated rings. The van der Waals surface area contributed by atoms with E-state index in [1.54, 1.807) is 14.1 Å². The average Bonchev–Trinajstić information content (AvgIpc) is 3.63. The summed E-state index contributed by atoms with van der Waals surface area (Å²) < 4.78 is 6.20. The number of H-pyrrole nitrogens is 1. The number of benzene rings is 3. The van der Waals surface area contributed by atoms with Gasteiger partial charge in [0, 0.05) is 31.9 Å². The van der Waals surface area contributed by atoms with Gasteiger partial charge in [-0.25, -0.2) is 4.79 Å². The van der Waals surface area contributed by atoms with E-state index in [4.69, 9.17) is 9.40 Å². The van der Waals surface area contributed by atoms with Crippen molar-refractivity contribution in [3.63, 3.8) is 0 Å². The molecule has 2 aromatic heterocycles. The number of tetrazole rings is 1. The Morgan fingerprint density at radius 3 is 2.51 bits per heavy atom. The van der Waals surface area contributed by atoms with Gasteiger partial charge in [0.1, 0.15) is 5.52 Å². The number of rotatable bonds is 9. The monoisotopic (exact) mass is 524 g/mol. The van der Waals surface area contributed by atoms with Crippen molar-refractivity contribution in [2.75, 3.05) is 30.9 Å². The second kappa shape index (κ2) is 11.3. The second-order valence-electron chi connectivity index (χ2n) is 9.63. The molecule has 0 aliphatic heterocycles. The molecule has 2 N–H and O–H groups in total. The number of fused-ring (bicyclic) bond motifs is 1. The Bertz CT molecular complexity index is 1540. The fourth-order valence-electron chi connectivity index (χ4n) is 4.46. The highest BCUT2D eigenvalue weighted by Gasteiger charge is 2.22. The molecule has 1 atom stereocenters. The van der Waals surface area contributed by atoms with Crippen LogP contribution in [-0.2, 0) is 0 Å². The van der Waals surface area contributed by atoms with Crippen LogP contribution >= 0.6 is 0 Å². The molecule has 0 aliphatic rings. The Balaban J connectivity index is 1.41. The van der Waals surface area contributed by atoms with Gasteiger partial charge in [0.15, 0.2) is 5.58 Å². The highest BCUT2D eigenvalue weighted by Crippen LogP contribution is 2.34. The van der Waals surface area contributed by atoms with E-state index >= 15 is 0 Å². The maximum Gasteiger partial charge on any atom is 0.321 e. The SMILES string of the molecule is CCCCN(c1nc2cc(NC(=O)N(C)C)ccc2o1)[C@H](C)c1ccc(-c2ccccc2-c2nn[nH]n2)cc1. The van der Waals surface area contributed by atoms with E-state index in [1.165, 1.54) is 4.90 Å². The number of nitrogens with one attached hydrogen (secondary N) is 2. The molecular formula is C29H32N8O2. The highest BCUT2D eigenvalue weighted by atomic mass is 16.4. The van der Waals surface area contributed by atoms with Crippen molar-refractivity contribution in [1.82, 2.24) is 30.5 Å². The molecule has 2 heterocycles. The molecule has 0 saturated heterocycles. The van der Waals surface area contributed by atoms with Gasteiger partial charge in [0.25, 0.3) is 6.01 Å². The summed E-state index contributed by atoms with van der Waals surface area (Å²) in [7, 11) is 3.41. The number of oxazole rings is 1. The van der Waals surface area contributed by atoms with Crippen molar-refractivity contribution in [1.29, 1.82) is 0 Å².